The zero-order valence-electron chi connectivity index (χ0n) is 9.55. The minimum Gasteiger partial charge on any atom is -0.395 e. The number of aliphatic hydroxyl groups excluding tert-OH is 1. The first kappa shape index (κ1) is 12.3. The first-order valence-corrected chi connectivity index (χ1v) is 6.67. The summed E-state index contributed by atoms with van der Waals surface area (Å²) < 4.78 is 0. The molecular weight excluding hydrogens is 194 g/mol. The molecule has 3 heteroatoms. The van der Waals surface area contributed by atoms with Crippen molar-refractivity contribution in [1.82, 2.24) is 5.32 Å². The van der Waals surface area contributed by atoms with Gasteiger partial charge in [-0.05, 0) is 24.0 Å². The van der Waals surface area contributed by atoms with Gasteiger partial charge in [0.1, 0.15) is 0 Å². The average molecular weight is 217 g/mol. The molecule has 2 atom stereocenters. The molecule has 1 heterocycles. The van der Waals surface area contributed by atoms with Crippen LogP contribution in [0, 0.1) is 5.41 Å². The molecule has 0 aliphatic carbocycles. The number of hydrogen-bond donors (Lipinski definition) is 2. The summed E-state index contributed by atoms with van der Waals surface area (Å²) in [5, 5.41) is 12.7. The maximum absolute atomic E-state index is 9.12. The van der Waals surface area contributed by atoms with Gasteiger partial charge >= 0.3 is 0 Å². The van der Waals surface area contributed by atoms with Crippen LogP contribution in [0.1, 0.15) is 33.6 Å². The lowest BCUT2D eigenvalue weighted by Gasteiger charge is -2.36. The van der Waals surface area contributed by atoms with Gasteiger partial charge < -0.3 is 10.4 Å². The highest BCUT2D eigenvalue weighted by atomic mass is 32.2. The Kier molecular flexibility index (Phi) is 4.74. The molecule has 84 valence electrons. The van der Waals surface area contributed by atoms with E-state index in [1.165, 1.54) is 17.9 Å². The minimum absolute atomic E-state index is 0.262. The second kappa shape index (κ2) is 5.38. The van der Waals surface area contributed by atoms with Crippen LogP contribution < -0.4 is 5.32 Å². The first-order chi connectivity index (χ1) is 6.57. The Hall–Kier alpha value is 0.270. The van der Waals surface area contributed by atoms with Crippen molar-refractivity contribution in [1.29, 1.82) is 0 Å². The summed E-state index contributed by atoms with van der Waals surface area (Å²) in [5.74, 6) is 2.46. The number of hydrogen-bond acceptors (Lipinski definition) is 3. The summed E-state index contributed by atoms with van der Waals surface area (Å²) >= 11 is 2.03. The summed E-state index contributed by atoms with van der Waals surface area (Å²) in [7, 11) is 0. The van der Waals surface area contributed by atoms with Crippen LogP contribution in [-0.2, 0) is 0 Å². The SMILES string of the molecule is CC[C@@H](CO)NC1CSCC(C)(C)C1. The predicted octanol–water partition coefficient (Wildman–Crippen LogP) is 1.88. The van der Waals surface area contributed by atoms with E-state index in [0.717, 1.165) is 6.42 Å². The largest absolute Gasteiger partial charge is 0.395 e. The first-order valence-electron chi connectivity index (χ1n) is 5.52. The Balaban J connectivity index is 2.37. The smallest absolute Gasteiger partial charge is 0.0584 e. The molecule has 0 saturated carbocycles. The minimum atomic E-state index is 0.262. The Morgan fingerprint density at radius 1 is 1.57 bits per heavy atom. The molecule has 0 radical (unpaired) electrons. The third-order valence-corrected chi connectivity index (χ3v) is 4.42. The Morgan fingerprint density at radius 3 is 2.79 bits per heavy atom. The van der Waals surface area contributed by atoms with Crippen LogP contribution in [-0.4, -0.2) is 35.3 Å². The quantitative estimate of drug-likeness (QED) is 0.754. The monoisotopic (exact) mass is 217 g/mol. The Labute approximate surface area is 91.9 Å². The summed E-state index contributed by atoms with van der Waals surface area (Å²) in [6.45, 7) is 7.04. The molecule has 1 aliphatic heterocycles. The summed E-state index contributed by atoms with van der Waals surface area (Å²) in [4.78, 5) is 0. The van der Waals surface area contributed by atoms with Crippen molar-refractivity contribution >= 4 is 11.8 Å². The normalized spacial score (nSPS) is 28.7. The van der Waals surface area contributed by atoms with Gasteiger partial charge in [0.25, 0.3) is 0 Å². The summed E-state index contributed by atoms with van der Waals surface area (Å²) in [5.41, 5.74) is 0.453. The summed E-state index contributed by atoms with van der Waals surface area (Å²) in [6.07, 6.45) is 2.24. The Morgan fingerprint density at radius 2 is 2.29 bits per heavy atom. The maximum atomic E-state index is 9.12. The fraction of sp³-hybridized carbons (Fsp3) is 1.00. The van der Waals surface area contributed by atoms with Crippen molar-refractivity contribution in [3.63, 3.8) is 0 Å². The van der Waals surface area contributed by atoms with Gasteiger partial charge in [-0.15, -0.1) is 0 Å². The molecule has 0 aromatic heterocycles. The van der Waals surface area contributed by atoms with Gasteiger partial charge in [-0.2, -0.15) is 11.8 Å². The van der Waals surface area contributed by atoms with E-state index in [2.05, 4.69) is 26.1 Å². The average Bonchev–Trinajstić information content (AvgIpc) is 2.12. The van der Waals surface area contributed by atoms with Gasteiger partial charge in [-0.1, -0.05) is 20.8 Å². The van der Waals surface area contributed by atoms with Gasteiger partial charge in [0, 0.05) is 17.8 Å². The van der Waals surface area contributed by atoms with E-state index < -0.39 is 0 Å². The lowest BCUT2D eigenvalue weighted by Crippen LogP contribution is -2.46. The zero-order valence-corrected chi connectivity index (χ0v) is 10.4. The van der Waals surface area contributed by atoms with Crippen molar-refractivity contribution in [2.45, 2.75) is 45.7 Å². The highest BCUT2D eigenvalue weighted by molar-refractivity contribution is 7.99. The van der Waals surface area contributed by atoms with E-state index in [-0.39, 0.29) is 12.6 Å². The molecular formula is C11H23NOS. The van der Waals surface area contributed by atoms with Crippen molar-refractivity contribution in [3.05, 3.63) is 0 Å². The van der Waals surface area contributed by atoms with E-state index >= 15 is 0 Å². The molecule has 0 aromatic rings. The van der Waals surface area contributed by atoms with E-state index in [1.807, 2.05) is 11.8 Å². The molecule has 0 bridgehead atoms. The van der Waals surface area contributed by atoms with Gasteiger partial charge in [0.15, 0.2) is 0 Å². The van der Waals surface area contributed by atoms with E-state index in [1.54, 1.807) is 0 Å². The molecule has 0 amide bonds. The van der Waals surface area contributed by atoms with E-state index in [4.69, 9.17) is 5.11 Å². The van der Waals surface area contributed by atoms with Crippen LogP contribution in [0.15, 0.2) is 0 Å². The molecule has 0 spiro atoms. The number of rotatable bonds is 4. The fourth-order valence-electron chi connectivity index (χ4n) is 2.00. The van der Waals surface area contributed by atoms with Crippen LogP contribution in [0.3, 0.4) is 0 Å². The van der Waals surface area contributed by atoms with E-state index in [9.17, 15) is 0 Å². The van der Waals surface area contributed by atoms with Crippen LogP contribution in [0.25, 0.3) is 0 Å². The maximum Gasteiger partial charge on any atom is 0.0584 e. The van der Waals surface area contributed by atoms with Crippen molar-refractivity contribution in [2.75, 3.05) is 18.1 Å². The van der Waals surface area contributed by atoms with Gasteiger partial charge in [0.2, 0.25) is 0 Å². The molecule has 2 N–H and O–H groups in total. The highest BCUT2D eigenvalue weighted by Gasteiger charge is 2.29. The number of aliphatic hydroxyl groups is 1. The lowest BCUT2D eigenvalue weighted by atomic mass is 9.87. The zero-order chi connectivity index (χ0) is 10.6. The number of nitrogens with one attached hydrogen (secondary N) is 1. The van der Waals surface area contributed by atoms with Crippen LogP contribution >= 0.6 is 11.8 Å². The van der Waals surface area contributed by atoms with Gasteiger partial charge in [-0.3, -0.25) is 0 Å². The van der Waals surface area contributed by atoms with Gasteiger partial charge in [-0.25, -0.2) is 0 Å². The van der Waals surface area contributed by atoms with E-state index in [0.29, 0.717) is 11.5 Å². The Bertz CT molecular complexity index is 169. The molecule has 1 unspecified atom stereocenters. The van der Waals surface area contributed by atoms with Crippen molar-refractivity contribution < 1.29 is 5.11 Å². The molecule has 0 aromatic carbocycles. The molecule has 1 saturated heterocycles. The predicted molar refractivity (Wildman–Crippen MR) is 63.8 cm³/mol. The topological polar surface area (TPSA) is 32.3 Å². The third kappa shape index (κ3) is 3.79. The number of thioether (sulfide) groups is 1. The van der Waals surface area contributed by atoms with Crippen LogP contribution in [0.2, 0.25) is 0 Å². The molecule has 1 aliphatic rings. The standard InChI is InChI=1S/C11H23NOS/c1-4-9(6-13)12-10-5-11(2,3)8-14-7-10/h9-10,12-13H,4-8H2,1-3H3/t9-,10?/m0/s1. The van der Waals surface area contributed by atoms with Crippen LogP contribution in [0.4, 0.5) is 0 Å². The highest BCUT2D eigenvalue weighted by Crippen LogP contribution is 2.33. The van der Waals surface area contributed by atoms with Crippen molar-refractivity contribution in [3.8, 4) is 0 Å². The molecule has 14 heavy (non-hydrogen) atoms. The second-order valence-electron chi connectivity index (χ2n) is 5.03. The molecule has 1 fully saturated rings. The summed E-state index contributed by atoms with van der Waals surface area (Å²) in [6, 6.07) is 0.871. The third-order valence-electron chi connectivity index (χ3n) is 2.80. The van der Waals surface area contributed by atoms with Gasteiger partial charge in [0.05, 0.1) is 6.61 Å². The second-order valence-corrected chi connectivity index (χ2v) is 6.07. The van der Waals surface area contributed by atoms with Crippen LogP contribution in [0.5, 0.6) is 0 Å². The molecule has 1 rings (SSSR count). The molecule has 2 nitrogen and oxygen atoms in total. The lowest BCUT2D eigenvalue weighted by molar-refractivity contribution is 0.214. The fourth-order valence-corrected chi connectivity index (χ4v) is 3.29. The van der Waals surface area contributed by atoms with Crippen molar-refractivity contribution in [2.24, 2.45) is 5.41 Å².